The number of hydrogen-bond acceptors (Lipinski definition) is 7. The van der Waals surface area contributed by atoms with Crippen molar-refractivity contribution in [2.45, 2.75) is 49.3 Å². The van der Waals surface area contributed by atoms with Crippen LogP contribution in [0.4, 0.5) is 20.3 Å². The molecule has 0 bridgehead atoms. The van der Waals surface area contributed by atoms with Crippen LogP contribution < -0.4 is 20.9 Å². The Morgan fingerprint density at radius 3 is 2.47 bits per heavy atom. The first-order chi connectivity index (χ1) is 20.5. The highest BCUT2D eigenvalue weighted by Gasteiger charge is 2.47. The van der Waals surface area contributed by atoms with Gasteiger partial charge in [-0.15, -0.1) is 0 Å². The number of carbonyl (C=O) groups is 2. The molecule has 2 saturated heterocycles. The summed E-state index contributed by atoms with van der Waals surface area (Å²) in [6.45, 7) is 2.25. The smallest absolute Gasteiger partial charge is 0.276 e. The second-order valence-electron chi connectivity index (χ2n) is 11.3. The fourth-order valence-electron chi connectivity index (χ4n) is 6.11. The molecule has 1 aromatic heterocycles. The van der Waals surface area contributed by atoms with Crippen molar-refractivity contribution in [3.8, 4) is 0 Å². The van der Waals surface area contributed by atoms with Gasteiger partial charge in [0, 0.05) is 68.8 Å². The highest BCUT2D eigenvalue weighted by atomic mass is 35.5. The van der Waals surface area contributed by atoms with Gasteiger partial charge in [0.1, 0.15) is 11.0 Å². The maximum absolute atomic E-state index is 15.7. The Hall–Kier alpha value is -2.87. The lowest BCUT2D eigenvalue weighted by atomic mass is 9.92. The van der Waals surface area contributed by atoms with Crippen molar-refractivity contribution in [3.63, 3.8) is 0 Å². The van der Waals surface area contributed by atoms with E-state index >= 15 is 8.78 Å². The van der Waals surface area contributed by atoms with E-state index in [2.05, 4.69) is 10.3 Å². The predicted octanol–water partition coefficient (Wildman–Crippen LogP) is 3.35. The van der Waals surface area contributed by atoms with Gasteiger partial charge in [0.15, 0.2) is 0 Å². The number of anilines is 2. The van der Waals surface area contributed by atoms with Crippen LogP contribution >= 0.6 is 11.6 Å². The number of carbonyl (C=O) groups excluding carboxylic acids is 2. The maximum atomic E-state index is 15.7. The molecule has 5 rings (SSSR count). The van der Waals surface area contributed by atoms with E-state index in [0.29, 0.717) is 44.6 Å². The molecule has 234 valence electrons. The van der Waals surface area contributed by atoms with Crippen LogP contribution in [0.2, 0.25) is 5.15 Å². The maximum Gasteiger partial charge on any atom is 0.276 e. The van der Waals surface area contributed by atoms with Gasteiger partial charge in [-0.3, -0.25) is 9.59 Å². The minimum absolute atomic E-state index is 0.0242. The molecule has 0 radical (unpaired) electrons. The quantitative estimate of drug-likeness (QED) is 0.302. The van der Waals surface area contributed by atoms with Gasteiger partial charge in [-0.2, -0.15) is 4.31 Å². The van der Waals surface area contributed by atoms with Gasteiger partial charge < -0.3 is 20.9 Å². The van der Waals surface area contributed by atoms with Crippen molar-refractivity contribution in [2.24, 2.45) is 17.6 Å². The standard InChI is InChI=1S/C29H37ClF2N6O4S/c30-25-18-22(29(31,32)21-5-4-20(17-21)28(40)34-11-2-10-33)19-26(35-25)36-13-15-37(16-14-36)43(41,42)24-8-6-23(7-9-24)38-12-1-3-27(38)39/h6-9,18-21H,1-5,10-17,33H2,(H,34,40). The molecule has 14 heteroatoms. The molecule has 3 N–H and O–H groups in total. The molecule has 0 spiro atoms. The van der Waals surface area contributed by atoms with Crippen LogP contribution in [0, 0.1) is 11.8 Å². The molecule has 2 atom stereocenters. The second kappa shape index (κ2) is 13.0. The number of nitrogens with zero attached hydrogens (tertiary/aromatic N) is 4. The number of aromatic nitrogens is 1. The van der Waals surface area contributed by atoms with Crippen LogP contribution in [0.25, 0.3) is 0 Å². The monoisotopic (exact) mass is 638 g/mol. The van der Waals surface area contributed by atoms with Gasteiger partial charge in [-0.25, -0.2) is 22.2 Å². The SMILES string of the molecule is NCCCNC(=O)C1CCC(C(F)(F)c2cc(Cl)nc(N3CCN(S(=O)(=O)c4ccc(N5CCCC5=O)cc4)CC3)c2)C1. The molecule has 1 aromatic carbocycles. The fourth-order valence-corrected chi connectivity index (χ4v) is 7.73. The molecule has 2 amide bonds. The molecule has 43 heavy (non-hydrogen) atoms. The van der Waals surface area contributed by atoms with E-state index < -0.39 is 27.8 Å². The van der Waals surface area contributed by atoms with E-state index in [1.54, 1.807) is 21.9 Å². The zero-order chi connectivity index (χ0) is 30.8. The summed E-state index contributed by atoms with van der Waals surface area (Å²) < 4.78 is 59.4. The van der Waals surface area contributed by atoms with Gasteiger partial charge in [-0.05, 0) is 75.0 Å². The summed E-state index contributed by atoms with van der Waals surface area (Å²) in [5.74, 6) is -4.64. The van der Waals surface area contributed by atoms with Crippen LogP contribution in [-0.2, 0) is 25.5 Å². The molecular weight excluding hydrogens is 602 g/mol. The van der Waals surface area contributed by atoms with E-state index in [4.69, 9.17) is 17.3 Å². The Labute approximate surface area is 255 Å². The summed E-state index contributed by atoms with van der Waals surface area (Å²) in [4.78, 5) is 32.2. The highest BCUT2D eigenvalue weighted by molar-refractivity contribution is 7.89. The summed E-state index contributed by atoms with van der Waals surface area (Å²) in [7, 11) is -3.79. The molecule has 2 aliphatic heterocycles. The van der Waals surface area contributed by atoms with Crippen LogP contribution in [-0.4, -0.2) is 75.3 Å². The first-order valence-corrected chi connectivity index (χ1v) is 16.5. The minimum Gasteiger partial charge on any atom is -0.356 e. The van der Waals surface area contributed by atoms with Crippen molar-refractivity contribution < 1.29 is 26.8 Å². The summed E-state index contributed by atoms with van der Waals surface area (Å²) in [5.41, 5.74) is 5.87. The number of hydrogen-bond donors (Lipinski definition) is 2. The number of amides is 2. The van der Waals surface area contributed by atoms with Crippen molar-refractivity contribution in [3.05, 3.63) is 47.1 Å². The van der Waals surface area contributed by atoms with Crippen molar-refractivity contribution in [2.75, 3.05) is 55.6 Å². The molecule has 1 aliphatic carbocycles. The normalized spacial score (nSPS) is 21.9. The molecule has 10 nitrogen and oxygen atoms in total. The van der Waals surface area contributed by atoms with E-state index in [-0.39, 0.29) is 72.3 Å². The van der Waals surface area contributed by atoms with E-state index in [0.717, 1.165) is 6.42 Å². The van der Waals surface area contributed by atoms with Crippen molar-refractivity contribution in [1.29, 1.82) is 0 Å². The molecule has 2 aromatic rings. The van der Waals surface area contributed by atoms with Gasteiger partial charge in [0.05, 0.1) is 4.90 Å². The Bertz CT molecular complexity index is 1440. The van der Waals surface area contributed by atoms with Crippen LogP contribution in [0.15, 0.2) is 41.3 Å². The summed E-state index contributed by atoms with van der Waals surface area (Å²) in [5, 5.41) is 2.70. The minimum atomic E-state index is -3.79. The topological polar surface area (TPSA) is 129 Å². The van der Waals surface area contributed by atoms with Gasteiger partial charge in [0.2, 0.25) is 21.8 Å². The molecule has 1 saturated carbocycles. The lowest BCUT2D eigenvalue weighted by Gasteiger charge is -2.35. The largest absolute Gasteiger partial charge is 0.356 e. The number of benzene rings is 1. The van der Waals surface area contributed by atoms with Crippen LogP contribution in [0.5, 0.6) is 0 Å². The average molecular weight is 639 g/mol. The zero-order valence-corrected chi connectivity index (χ0v) is 25.4. The first-order valence-electron chi connectivity index (χ1n) is 14.7. The fraction of sp³-hybridized carbons (Fsp3) is 0.552. The van der Waals surface area contributed by atoms with Crippen LogP contribution in [0.3, 0.4) is 0 Å². The zero-order valence-electron chi connectivity index (χ0n) is 23.9. The molecule has 3 aliphatic rings. The van der Waals surface area contributed by atoms with E-state index in [1.807, 2.05) is 0 Å². The Kier molecular flexibility index (Phi) is 9.55. The number of pyridine rings is 1. The van der Waals surface area contributed by atoms with Crippen molar-refractivity contribution in [1.82, 2.24) is 14.6 Å². The number of sulfonamides is 1. The van der Waals surface area contributed by atoms with E-state index in [9.17, 15) is 18.0 Å². The molecule has 2 unspecified atom stereocenters. The Morgan fingerprint density at radius 1 is 1.09 bits per heavy atom. The number of halogens is 3. The average Bonchev–Trinajstić information content (AvgIpc) is 3.67. The predicted molar refractivity (Wildman–Crippen MR) is 160 cm³/mol. The van der Waals surface area contributed by atoms with Crippen molar-refractivity contribution >= 4 is 44.9 Å². The summed E-state index contributed by atoms with van der Waals surface area (Å²) >= 11 is 6.21. The first kappa shape index (κ1) is 31.6. The van der Waals surface area contributed by atoms with Crippen LogP contribution in [0.1, 0.15) is 44.1 Å². The third-order valence-corrected chi connectivity index (χ3v) is 10.7. The summed E-state index contributed by atoms with van der Waals surface area (Å²) in [6.07, 6.45) is 2.56. The third-order valence-electron chi connectivity index (χ3n) is 8.58. The van der Waals surface area contributed by atoms with E-state index in [1.165, 1.54) is 28.6 Å². The molecule has 3 fully saturated rings. The number of nitrogens with two attached hydrogens (primary N) is 1. The van der Waals surface area contributed by atoms with Gasteiger partial charge >= 0.3 is 0 Å². The molecule has 3 heterocycles. The van der Waals surface area contributed by atoms with Gasteiger partial charge in [-0.1, -0.05) is 11.6 Å². The third kappa shape index (κ3) is 6.79. The number of nitrogens with one attached hydrogen (secondary N) is 1. The second-order valence-corrected chi connectivity index (χ2v) is 13.7. The Balaban J connectivity index is 1.22. The van der Waals surface area contributed by atoms with Gasteiger partial charge in [0.25, 0.3) is 5.92 Å². The summed E-state index contributed by atoms with van der Waals surface area (Å²) in [6, 6.07) is 8.79. The lowest BCUT2D eigenvalue weighted by molar-refractivity contribution is -0.125. The number of rotatable bonds is 10. The number of alkyl halides is 2. The lowest BCUT2D eigenvalue weighted by Crippen LogP contribution is -2.49. The number of piperazine rings is 1. The Morgan fingerprint density at radius 2 is 1.81 bits per heavy atom. The molecular formula is C29H37ClF2N6O4S. The highest BCUT2D eigenvalue weighted by Crippen LogP contribution is 2.47.